The molecule has 0 fully saturated rings. The lowest BCUT2D eigenvalue weighted by Crippen LogP contribution is -2.03. The van der Waals surface area contributed by atoms with Crippen molar-refractivity contribution in [3.63, 3.8) is 0 Å². The van der Waals surface area contributed by atoms with Gasteiger partial charge in [-0.2, -0.15) is 0 Å². The number of fused-ring (bicyclic) bond motifs is 11. The summed E-state index contributed by atoms with van der Waals surface area (Å²) in [6.45, 7) is 0. The number of para-hydroxylation sites is 1. The molecule has 3 aromatic heterocycles. The van der Waals surface area contributed by atoms with Crippen LogP contribution < -0.4 is 0 Å². The number of benzene rings is 8. The average Bonchev–Trinajstić information content (AvgIpc) is 3.85. The highest BCUT2D eigenvalue weighted by atomic mass is 16.3. The Morgan fingerprint density at radius 3 is 2.02 bits per heavy atom. The molecule has 262 valence electrons. The highest BCUT2D eigenvalue weighted by Crippen LogP contribution is 2.48. The molecule has 3 heterocycles. The lowest BCUT2D eigenvalue weighted by atomic mass is 9.86. The van der Waals surface area contributed by atoms with Crippen molar-refractivity contribution in [3.05, 3.63) is 175 Å². The summed E-state index contributed by atoms with van der Waals surface area (Å²) >= 11 is 0. The van der Waals surface area contributed by atoms with Gasteiger partial charge in [0, 0.05) is 44.0 Å². The zero-order valence-electron chi connectivity index (χ0n) is 30.2. The molecule has 0 bridgehead atoms. The van der Waals surface area contributed by atoms with Crippen LogP contribution in [-0.4, -0.2) is 15.0 Å². The maximum Gasteiger partial charge on any atom is 0.165 e. The smallest absolute Gasteiger partial charge is 0.165 e. The lowest BCUT2D eigenvalue weighted by Gasteiger charge is -2.17. The van der Waals surface area contributed by atoms with Crippen LogP contribution in [0.4, 0.5) is 0 Å². The highest BCUT2D eigenvalue weighted by molar-refractivity contribution is 6.17. The summed E-state index contributed by atoms with van der Waals surface area (Å²) in [4.78, 5) is 15.9. The van der Waals surface area contributed by atoms with E-state index in [1.54, 1.807) is 0 Å². The Labute approximate surface area is 321 Å². The molecule has 0 saturated heterocycles. The van der Waals surface area contributed by atoms with Crippen LogP contribution in [0.2, 0.25) is 0 Å². The van der Waals surface area contributed by atoms with Crippen molar-refractivity contribution in [1.82, 2.24) is 15.0 Å². The van der Waals surface area contributed by atoms with E-state index in [4.69, 9.17) is 23.8 Å². The van der Waals surface area contributed by atoms with Crippen molar-refractivity contribution in [2.45, 2.75) is 12.8 Å². The van der Waals surface area contributed by atoms with Crippen LogP contribution in [0.5, 0.6) is 0 Å². The largest absolute Gasteiger partial charge is 0.456 e. The van der Waals surface area contributed by atoms with Gasteiger partial charge in [-0.15, -0.1) is 0 Å². The van der Waals surface area contributed by atoms with E-state index in [1.807, 2.05) is 30.3 Å². The second-order valence-electron chi connectivity index (χ2n) is 14.6. The minimum absolute atomic E-state index is 0.583. The molecular formula is C51H31N3O2. The molecule has 0 unspecified atom stereocenters. The summed E-state index contributed by atoms with van der Waals surface area (Å²) in [6, 6.07) is 57.0. The molecule has 0 saturated carbocycles. The molecule has 0 aliphatic heterocycles. The van der Waals surface area contributed by atoms with Crippen LogP contribution in [0.3, 0.4) is 0 Å². The van der Waals surface area contributed by atoms with Gasteiger partial charge in [0.25, 0.3) is 0 Å². The van der Waals surface area contributed by atoms with Gasteiger partial charge in [0.15, 0.2) is 17.5 Å². The SMILES string of the molecule is c1ccc(-c2nc(-c3ccc4c(ccc5ccccc54)c3)nc(-c3c(-c4cccc5oc6c(c45)CCc4ccccc4-6)ccc4oc5ccccc5c34)n2)cc1. The second-order valence-corrected chi connectivity index (χ2v) is 14.6. The van der Waals surface area contributed by atoms with E-state index in [1.165, 1.54) is 32.8 Å². The number of hydrogen-bond acceptors (Lipinski definition) is 5. The van der Waals surface area contributed by atoms with Crippen molar-refractivity contribution < 1.29 is 8.83 Å². The molecular weight excluding hydrogens is 687 g/mol. The Kier molecular flexibility index (Phi) is 6.69. The molecule has 5 heteroatoms. The molecule has 11 aromatic rings. The van der Waals surface area contributed by atoms with Crippen LogP contribution in [0.25, 0.3) is 111 Å². The quantitative estimate of drug-likeness (QED) is 0.170. The molecule has 5 nitrogen and oxygen atoms in total. The molecule has 1 aliphatic rings. The van der Waals surface area contributed by atoms with Gasteiger partial charge in [0.05, 0.1) is 0 Å². The number of hydrogen-bond donors (Lipinski definition) is 0. The molecule has 8 aromatic carbocycles. The third-order valence-corrected chi connectivity index (χ3v) is 11.4. The van der Waals surface area contributed by atoms with E-state index in [0.29, 0.717) is 17.5 Å². The van der Waals surface area contributed by atoms with E-state index < -0.39 is 0 Å². The van der Waals surface area contributed by atoms with E-state index in [-0.39, 0.29) is 0 Å². The maximum atomic E-state index is 6.72. The van der Waals surface area contributed by atoms with E-state index in [2.05, 4.69) is 133 Å². The van der Waals surface area contributed by atoms with Crippen molar-refractivity contribution >= 4 is 54.5 Å². The topological polar surface area (TPSA) is 65.0 Å². The summed E-state index contributed by atoms with van der Waals surface area (Å²) in [5.41, 5.74) is 11.0. The molecule has 0 atom stereocenters. The predicted octanol–water partition coefficient (Wildman–Crippen LogP) is 13.3. The zero-order chi connectivity index (χ0) is 36.7. The number of rotatable bonds is 4. The second kappa shape index (κ2) is 12.1. The first-order valence-corrected chi connectivity index (χ1v) is 19.1. The molecule has 0 amide bonds. The van der Waals surface area contributed by atoms with Gasteiger partial charge < -0.3 is 8.83 Å². The summed E-state index contributed by atoms with van der Waals surface area (Å²) in [5, 5.41) is 7.87. The molecule has 0 spiro atoms. The fourth-order valence-corrected chi connectivity index (χ4v) is 8.87. The third-order valence-electron chi connectivity index (χ3n) is 11.4. The number of aromatic nitrogens is 3. The van der Waals surface area contributed by atoms with Gasteiger partial charge >= 0.3 is 0 Å². The minimum atomic E-state index is 0.583. The fraction of sp³-hybridized carbons (Fsp3) is 0.0392. The maximum absolute atomic E-state index is 6.72. The standard InChI is InChI=1S/C51H31N3O2/c1-2-13-32(14-3-1)49-52-50(34-24-25-36-33(29-34)22-21-30-11-4-6-15-35(30)36)54-51(53-49)47-39(27-28-44-46(47)40-17-8-9-19-42(40)55-44)38-18-10-20-43-45(38)41-26-23-31-12-5-7-16-37(31)48(41)56-43/h1-22,24-25,27-29H,23,26H2. The van der Waals surface area contributed by atoms with Crippen LogP contribution >= 0.6 is 0 Å². The van der Waals surface area contributed by atoms with Crippen LogP contribution in [0.15, 0.2) is 173 Å². The predicted molar refractivity (Wildman–Crippen MR) is 226 cm³/mol. The van der Waals surface area contributed by atoms with Crippen LogP contribution in [0.1, 0.15) is 11.1 Å². The van der Waals surface area contributed by atoms with Gasteiger partial charge in [0.2, 0.25) is 0 Å². The van der Waals surface area contributed by atoms with Crippen molar-refractivity contribution in [2.24, 2.45) is 0 Å². The molecule has 0 radical (unpaired) electrons. The Bertz CT molecular complexity index is 3380. The zero-order valence-corrected chi connectivity index (χ0v) is 30.2. The highest BCUT2D eigenvalue weighted by Gasteiger charge is 2.28. The van der Waals surface area contributed by atoms with Gasteiger partial charge in [-0.25, -0.2) is 15.0 Å². The lowest BCUT2D eigenvalue weighted by molar-refractivity contribution is 0.621. The fourth-order valence-electron chi connectivity index (χ4n) is 8.87. The van der Waals surface area contributed by atoms with Gasteiger partial charge in [-0.3, -0.25) is 0 Å². The van der Waals surface area contributed by atoms with Crippen LogP contribution in [0, 0.1) is 0 Å². The molecule has 56 heavy (non-hydrogen) atoms. The number of aryl methyl sites for hydroxylation is 2. The summed E-state index contributed by atoms with van der Waals surface area (Å²) in [5.74, 6) is 2.76. The van der Waals surface area contributed by atoms with Gasteiger partial charge in [0.1, 0.15) is 22.5 Å². The van der Waals surface area contributed by atoms with Crippen molar-refractivity contribution in [1.29, 1.82) is 0 Å². The monoisotopic (exact) mass is 717 g/mol. The van der Waals surface area contributed by atoms with E-state index in [0.717, 1.165) is 84.7 Å². The van der Waals surface area contributed by atoms with Crippen molar-refractivity contribution in [2.75, 3.05) is 0 Å². The van der Waals surface area contributed by atoms with Gasteiger partial charge in [-0.1, -0.05) is 133 Å². The Morgan fingerprint density at radius 1 is 0.393 bits per heavy atom. The number of furan rings is 2. The first kappa shape index (κ1) is 31.0. The number of nitrogens with zero attached hydrogens (tertiary/aromatic N) is 3. The first-order chi connectivity index (χ1) is 27.7. The molecule has 1 aliphatic carbocycles. The summed E-state index contributed by atoms with van der Waals surface area (Å²) in [6.07, 6.45) is 1.86. The molecule has 0 N–H and O–H groups in total. The Morgan fingerprint density at radius 2 is 1.09 bits per heavy atom. The van der Waals surface area contributed by atoms with E-state index >= 15 is 0 Å². The normalized spacial score (nSPS) is 12.5. The Balaban J connectivity index is 1.16. The third kappa shape index (κ3) is 4.71. The van der Waals surface area contributed by atoms with E-state index in [9.17, 15) is 0 Å². The summed E-state index contributed by atoms with van der Waals surface area (Å²) in [7, 11) is 0. The van der Waals surface area contributed by atoms with Crippen molar-refractivity contribution in [3.8, 4) is 56.6 Å². The summed E-state index contributed by atoms with van der Waals surface area (Å²) < 4.78 is 13.3. The average molecular weight is 718 g/mol. The van der Waals surface area contributed by atoms with Gasteiger partial charge in [-0.05, 0) is 81.4 Å². The van der Waals surface area contributed by atoms with Crippen LogP contribution in [-0.2, 0) is 12.8 Å². The molecule has 12 rings (SSSR count). The first-order valence-electron chi connectivity index (χ1n) is 19.1. The minimum Gasteiger partial charge on any atom is -0.456 e. The Hall–Kier alpha value is -7.37.